The van der Waals surface area contributed by atoms with E-state index >= 15 is 0 Å². The van der Waals surface area contributed by atoms with Gasteiger partial charge in [0, 0.05) is 36.3 Å². The van der Waals surface area contributed by atoms with Gasteiger partial charge in [0.2, 0.25) is 5.91 Å². The van der Waals surface area contributed by atoms with Crippen LogP contribution in [0, 0.1) is 0 Å². The van der Waals surface area contributed by atoms with Crippen molar-refractivity contribution in [3.8, 4) is 5.75 Å². The molecule has 24 heavy (non-hydrogen) atoms. The number of ether oxygens (including phenoxy) is 1. The largest absolute Gasteiger partial charge is 0.497 e. The molecular weight excluding hydrogens is 302 g/mol. The van der Waals surface area contributed by atoms with E-state index in [1.54, 1.807) is 13.3 Å². The van der Waals surface area contributed by atoms with Gasteiger partial charge in [-0.2, -0.15) is 0 Å². The number of benzene rings is 2. The molecule has 0 spiro atoms. The van der Waals surface area contributed by atoms with E-state index in [4.69, 9.17) is 4.74 Å². The first-order valence-electron chi connectivity index (χ1n) is 7.78. The Balaban J connectivity index is 1.57. The number of rotatable bonds is 6. The Labute approximate surface area is 140 Å². The van der Waals surface area contributed by atoms with Crippen LogP contribution in [0.25, 0.3) is 10.9 Å². The summed E-state index contributed by atoms with van der Waals surface area (Å²) >= 11 is 0. The van der Waals surface area contributed by atoms with Gasteiger partial charge in [0.05, 0.1) is 18.3 Å². The molecule has 3 aromatic rings. The van der Waals surface area contributed by atoms with Crippen molar-refractivity contribution < 1.29 is 9.53 Å². The molecule has 122 valence electrons. The molecule has 0 bridgehead atoms. The SMILES string of the molecule is COc1cccc(NCCC(=O)Nc2cccc3cccnc23)c1. The van der Waals surface area contributed by atoms with Gasteiger partial charge in [-0.3, -0.25) is 9.78 Å². The zero-order valence-electron chi connectivity index (χ0n) is 13.5. The summed E-state index contributed by atoms with van der Waals surface area (Å²) in [7, 11) is 1.63. The van der Waals surface area contributed by atoms with Gasteiger partial charge in [-0.05, 0) is 24.3 Å². The Morgan fingerprint density at radius 3 is 2.83 bits per heavy atom. The molecule has 0 fully saturated rings. The van der Waals surface area contributed by atoms with Crippen LogP contribution in [0.1, 0.15) is 6.42 Å². The van der Waals surface area contributed by atoms with Crippen LogP contribution in [0.4, 0.5) is 11.4 Å². The molecule has 0 saturated heterocycles. The first kappa shape index (κ1) is 15.8. The van der Waals surface area contributed by atoms with Gasteiger partial charge in [-0.15, -0.1) is 0 Å². The number of nitrogens with one attached hydrogen (secondary N) is 2. The monoisotopic (exact) mass is 321 g/mol. The van der Waals surface area contributed by atoms with Crippen LogP contribution in [-0.4, -0.2) is 24.5 Å². The third-order valence-electron chi connectivity index (χ3n) is 3.66. The molecule has 3 rings (SSSR count). The normalized spacial score (nSPS) is 10.4. The van der Waals surface area contributed by atoms with Crippen LogP contribution in [0.3, 0.4) is 0 Å². The molecule has 0 radical (unpaired) electrons. The third-order valence-corrected chi connectivity index (χ3v) is 3.66. The summed E-state index contributed by atoms with van der Waals surface area (Å²) in [4.78, 5) is 16.5. The van der Waals surface area contributed by atoms with Crippen molar-refractivity contribution in [2.75, 3.05) is 24.3 Å². The average Bonchev–Trinajstić information content (AvgIpc) is 2.62. The maximum atomic E-state index is 12.2. The van der Waals surface area contributed by atoms with Crippen molar-refractivity contribution in [2.45, 2.75) is 6.42 Å². The number of pyridine rings is 1. The van der Waals surface area contributed by atoms with Gasteiger partial charge in [-0.25, -0.2) is 0 Å². The van der Waals surface area contributed by atoms with E-state index in [0.717, 1.165) is 28.0 Å². The molecule has 0 unspecified atom stereocenters. The summed E-state index contributed by atoms with van der Waals surface area (Å²) in [6.07, 6.45) is 2.09. The number of methoxy groups -OCH3 is 1. The second-order valence-corrected chi connectivity index (χ2v) is 5.34. The minimum absolute atomic E-state index is 0.0523. The first-order valence-corrected chi connectivity index (χ1v) is 7.78. The van der Waals surface area contributed by atoms with Crippen LogP contribution in [0.15, 0.2) is 60.8 Å². The molecule has 2 aromatic carbocycles. The molecule has 5 heteroatoms. The maximum Gasteiger partial charge on any atom is 0.226 e. The highest BCUT2D eigenvalue weighted by atomic mass is 16.5. The lowest BCUT2D eigenvalue weighted by Crippen LogP contribution is -2.16. The van der Waals surface area contributed by atoms with Gasteiger partial charge in [-0.1, -0.05) is 24.3 Å². The van der Waals surface area contributed by atoms with Crippen molar-refractivity contribution >= 4 is 28.2 Å². The Hall–Kier alpha value is -3.08. The molecule has 1 aromatic heterocycles. The minimum atomic E-state index is -0.0523. The Morgan fingerprint density at radius 1 is 1.12 bits per heavy atom. The van der Waals surface area contributed by atoms with Crippen molar-refractivity contribution in [1.82, 2.24) is 4.98 Å². The van der Waals surface area contributed by atoms with E-state index in [1.165, 1.54) is 0 Å². The standard InChI is InChI=1S/C19H19N3O2/c1-24-16-8-3-7-15(13-16)20-12-10-18(23)22-17-9-2-5-14-6-4-11-21-19(14)17/h2-9,11,13,20H,10,12H2,1H3,(H,22,23). The molecule has 0 aliphatic carbocycles. The number of anilines is 2. The minimum Gasteiger partial charge on any atom is -0.497 e. The van der Waals surface area contributed by atoms with Crippen LogP contribution >= 0.6 is 0 Å². The molecule has 1 amide bonds. The Bertz CT molecular complexity index is 843. The molecule has 0 saturated carbocycles. The fraction of sp³-hybridized carbons (Fsp3) is 0.158. The highest BCUT2D eigenvalue weighted by Crippen LogP contribution is 2.21. The van der Waals surface area contributed by atoms with Gasteiger partial charge in [0.15, 0.2) is 0 Å². The molecule has 5 nitrogen and oxygen atoms in total. The number of hydrogen-bond acceptors (Lipinski definition) is 4. The van der Waals surface area contributed by atoms with Crippen molar-refractivity contribution in [2.24, 2.45) is 0 Å². The zero-order chi connectivity index (χ0) is 16.8. The second-order valence-electron chi connectivity index (χ2n) is 5.34. The molecule has 2 N–H and O–H groups in total. The topological polar surface area (TPSA) is 63.2 Å². The van der Waals surface area contributed by atoms with E-state index in [0.29, 0.717) is 13.0 Å². The summed E-state index contributed by atoms with van der Waals surface area (Å²) in [6.45, 7) is 0.539. The highest BCUT2D eigenvalue weighted by molar-refractivity contribution is 6.00. The van der Waals surface area contributed by atoms with Crippen molar-refractivity contribution in [1.29, 1.82) is 0 Å². The molecule has 0 atom stereocenters. The van der Waals surface area contributed by atoms with Gasteiger partial charge in [0.1, 0.15) is 5.75 Å². The zero-order valence-corrected chi connectivity index (χ0v) is 13.5. The van der Waals surface area contributed by atoms with Crippen LogP contribution < -0.4 is 15.4 Å². The fourth-order valence-corrected chi connectivity index (χ4v) is 2.47. The number of aromatic nitrogens is 1. The Morgan fingerprint density at radius 2 is 1.96 bits per heavy atom. The molecule has 0 aliphatic heterocycles. The fourth-order valence-electron chi connectivity index (χ4n) is 2.47. The average molecular weight is 321 g/mol. The van der Waals surface area contributed by atoms with E-state index in [-0.39, 0.29) is 5.91 Å². The lowest BCUT2D eigenvalue weighted by atomic mass is 10.2. The van der Waals surface area contributed by atoms with E-state index in [2.05, 4.69) is 15.6 Å². The summed E-state index contributed by atoms with van der Waals surface area (Å²) in [5, 5.41) is 7.15. The van der Waals surface area contributed by atoms with Crippen LogP contribution in [0.2, 0.25) is 0 Å². The quantitative estimate of drug-likeness (QED) is 0.727. The third kappa shape index (κ3) is 3.81. The Kier molecular flexibility index (Phi) is 4.91. The number of nitrogens with zero attached hydrogens (tertiary/aromatic N) is 1. The van der Waals surface area contributed by atoms with Crippen LogP contribution in [-0.2, 0) is 4.79 Å². The van der Waals surface area contributed by atoms with Crippen molar-refractivity contribution in [3.05, 3.63) is 60.8 Å². The number of carbonyl (C=O) groups excluding carboxylic acids is 1. The van der Waals surface area contributed by atoms with Crippen molar-refractivity contribution in [3.63, 3.8) is 0 Å². The number of hydrogen-bond donors (Lipinski definition) is 2. The van der Waals surface area contributed by atoms with Gasteiger partial charge >= 0.3 is 0 Å². The highest BCUT2D eigenvalue weighted by Gasteiger charge is 2.06. The predicted molar refractivity (Wildman–Crippen MR) is 96.5 cm³/mol. The number of para-hydroxylation sites is 1. The lowest BCUT2D eigenvalue weighted by molar-refractivity contribution is -0.115. The summed E-state index contributed by atoms with van der Waals surface area (Å²) in [5.41, 5.74) is 2.46. The lowest BCUT2D eigenvalue weighted by Gasteiger charge is -2.10. The molecule has 1 heterocycles. The van der Waals surface area contributed by atoms with Crippen LogP contribution in [0.5, 0.6) is 5.75 Å². The van der Waals surface area contributed by atoms with E-state index < -0.39 is 0 Å². The van der Waals surface area contributed by atoms with E-state index in [9.17, 15) is 4.79 Å². The smallest absolute Gasteiger partial charge is 0.226 e. The summed E-state index contributed by atoms with van der Waals surface area (Å²) in [5.74, 6) is 0.731. The molecular formula is C19H19N3O2. The number of carbonyl (C=O) groups is 1. The van der Waals surface area contributed by atoms with E-state index in [1.807, 2.05) is 54.6 Å². The van der Waals surface area contributed by atoms with Gasteiger partial charge in [0.25, 0.3) is 0 Å². The summed E-state index contributed by atoms with van der Waals surface area (Å²) < 4.78 is 5.18. The maximum absolute atomic E-state index is 12.2. The van der Waals surface area contributed by atoms with Gasteiger partial charge < -0.3 is 15.4 Å². The second kappa shape index (κ2) is 7.46. The number of fused-ring (bicyclic) bond motifs is 1. The number of amides is 1. The predicted octanol–water partition coefficient (Wildman–Crippen LogP) is 3.68. The first-order chi connectivity index (χ1) is 11.8. The molecule has 0 aliphatic rings. The summed E-state index contributed by atoms with van der Waals surface area (Å²) in [6, 6.07) is 17.2.